The van der Waals surface area contributed by atoms with E-state index in [1.807, 2.05) is 0 Å². The van der Waals surface area contributed by atoms with Crippen LogP contribution in [-0.2, 0) is 28.7 Å². The summed E-state index contributed by atoms with van der Waals surface area (Å²) in [7, 11) is 0. The largest absolute Gasteiger partial charge is 1.00 e. The Morgan fingerprint density at radius 1 is 0.708 bits per heavy atom. The summed E-state index contributed by atoms with van der Waals surface area (Å²) in [6.07, 6.45) is 1.95. The average Bonchev–Trinajstić information content (AvgIpc) is 2.47. The minimum absolute atomic E-state index is 0. The van der Waals surface area contributed by atoms with Gasteiger partial charge in [0.05, 0.1) is 12.8 Å². The number of rotatable bonds is 10. The normalized spacial score (nSPS) is 8.00. The van der Waals surface area contributed by atoms with Crippen molar-refractivity contribution in [1.29, 1.82) is 0 Å². The zero-order valence-corrected chi connectivity index (χ0v) is 18.1. The summed E-state index contributed by atoms with van der Waals surface area (Å²) < 4.78 is 8.99. The third-order valence-electron chi connectivity index (χ3n) is 1.79. The Hall–Kier alpha value is -0.640. The molecule has 0 aliphatic carbocycles. The quantitative estimate of drug-likeness (QED) is 0.213. The second-order valence-corrected chi connectivity index (χ2v) is 3.69. The van der Waals surface area contributed by atoms with Crippen LogP contribution in [-0.4, -0.2) is 37.1 Å². The van der Waals surface area contributed by atoms with E-state index in [-0.39, 0.29) is 98.0 Å². The third-order valence-corrected chi connectivity index (χ3v) is 1.79. The van der Waals surface area contributed by atoms with Gasteiger partial charge in [0.15, 0.2) is 0 Å². The predicted molar refractivity (Wildman–Crippen MR) is 70.8 cm³/mol. The van der Waals surface area contributed by atoms with E-state index in [9.17, 15) is 29.4 Å². The van der Waals surface area contributed by atoms with E-state index in [0.717, 1.165) is 0 Å². The van der Waals surface area contributed by atoms with Gasteiger partial charge in [0.25, 0.3) is 0 Å². The number of esters is 2. The van der Waals surface area contributed by atoms with Crippen molar-refractivity contribution in [3.05, 3.63) is 25.3 Å². The molecule has 10 heteroatoms. The summed E-state index contributed by atoms with van der Waals surface area (Å²) in [6.45, 7) is 6.88. The van der Waals surface area contributed by atoms with Crippen LogP contribution in [0.25, 0.3) is 0 Å². The molecule has 0 heterocycles. The Balaban J connectivity index is -0.000000154. The Kier molecular flexibility index (Phi) is 29.0. The van der Waals surface area contributed by atoms with Crippen LogP contribution in [0.2, 0.25) is 0 Å². The van der Waals surface area contributed by atoms with Crippen LogP contribution in [0.3, 0.4) is 0 Å². The molecule has 0 radical (unpaired) electrons. The summed E-state index contributed by atoms with van der Waals surface area (Å²) >= 11 is 0. The van der Waals surface area contributed by atoms with Crippen molar-refractivity contribution in [1.82, 2.24) is 0 Å². The maximum atomic E-state index is 10.5. The van der Waals surface area contributed by atoms with Crippen LogP contribution < -0.4 is 69.3 Å². The van der Waals surface area contributed by atoms with Crippen LogP contribution in [0.5, 0.6) is 0 Å². The van der Waals surface area contributed by atoms with Gasteiger partial charge in [0.2, 0.25) is 0 Å². The van der Waals surface area contributed by atoms with Gasteiger partial charge in [0.1, 0.15) is 13.2 Å². The molecule has 0 spiro atoms. The first-order chi connectivity index (χ1) is 10.3. The Morgan fingerprint density at radius 3 is 1.21 bits per heavy atom. The van der Waals surface area contributed by atoms with Gasteiger partial charge in [-0.3, -0.25) is 9.59 Å². The first-order valence-corrected chi connectivity index (χ1v) is 6.26. The number of ether oxygens (including phenoxy) is 2. The SMILES string of the molecule is C=CCOC(=O)CCC(=O)[O-].C=CCOC(=O)CCC(=O)[O-].[Na+].[Na+]. The molecule has 0 rings (SSSR count). The van der Waals surface area contributed by atoms with E-state index in [4.69, 9.17) is 0 Å². The smallest absolute Gasteiger partial charge is 0.550 e. The number of carbonyl (C=O) groups is 4. The van der Waals surface area contributed by atoms with Crippen molar-refractivity contribution in [3.63, 3.8) is 0 Å². The molecular weight excluding hydrogens is 342 g/mol. The van der Waals surface area contributed by atoms with Crippen LogP contribution in [0.4, 0.5) is 0 Å². The fourth-order valence-electron chi connectivity index (χ4n) is 0.856. The maximum absolute atomic E-state index is 10.5. The molecule has 0 saturated carbocycles. The number of carboxylic acid groups (broad SMARTS) is 2. The summed E-state index contributed by atoms with van der Waals surface area (Å²) in [5, 5.41) is 19.7. The van der Waals surface area contributed by atoms with E-state index >= 15 is 0 Å². The molecule has 0 aliphatic heterocycles. The summed E-state index contributed by atoms with van der Waals surface area (Å²) in [4.78, 5) is 40.8. The van der Waals surface area contributed by atoms with Gasteiger partial charge in [-0.2, -0.15) is 0 Å². The standard InChI is InChI=1S/2C7H10O4.2Na/c2*1-2-5-11-7(10)4-3-6(8)9;;/h2*2H,1,3-5H2,(H,8,9);;/q;;2*+1/p-2. The minimum atomic E-state index is -1.25. The second-order valence-electron chi connectivity index (χ2n) is 3.69. The van der Waals surface area contributed by atoms with Gasteiger partial charge in [-0.15, -0.1) is 0 Å². The molecule has 0 amide bonds. The van der Waals surface area contributed by atoms with Gasteiger partial charge in [0, 0.05) is 11.9 Å². The molecule has 8 nitrogen and oxygen atoms in total. The number of carbonyl (C=O) groups excluding carboxylic acids is 4. The van der Waals surface area contributed by atoms with E-state index in [2.05, 4.69) is 22.6 Å². The van der Waals surface area contributed by atoms with Crippen molar-refractivity contribution in [2.75, 3.05) is 13.2 Å². The molecule has 0 bridgehead atoms. The Labute approximate surface area is 184 Å². The van der Waals surface area contributed by atoms with Crippen molar-refractivity contribution in [2.24, 2.45) is 0 Å². The topological polar surface area (TPSA) is 133 Å². The Bertz CT molecular complexity index is 372. The second kappa shape index (κ2) is 22.4. The molecule has 0 N–H and O–H groups in total. The van der Waals surface area contributed by atoms with E-state index in [0.29, 0.717) is 0 Å². The zero-order chi connectivity index (χ0) is 17.4. The van der Waals surface area contributed by atoms with Gasteiger partial charge in [-0.25, -0.2) is 0 Å². The minimum Gasteiger partial charge on any atom is -0.550 e. The molecule has 0 aromatic rings. The molecule has 0 atom stereocenters. The average molecular weight is 360 g/mol. The number of hydrogen-bond donors (Lipinski definition) is 0. The molecule has 0 aliphatic rings. The number of aliphatic carboxylic acids is 2. The van der Waals surface area contributed by atoms with Crippen molar-refractivity contribution in [3.8, 4) is 0 Å². The first-order valence-electron chi connectivity index (χ1n) is 6.26. The zero-order valence-electron chi connectivity index (χ0n) is 14.1. The summed E-state index contributed by atoms with van der Waals surface area (Å²) in [6, 6.07) is 0. The molecule has 0 fully saturated rings. The van der Waals surface area contributed by atoms with Gasteiger partial charge in [-0.1, -0.05) is 25.3 Å². The van der Waals surface area contributed by atoms with Crippen LogP contribution in [0.1, 0.15) is 25.7 Å². The van der Waals surface area contributed by atoms with Crippen molar-refractivity contribution >= 4 is 23.9 Å². The van der Waals surface area contributed by atoms with E-state index in [1.54, 1.807) is 0 Å². The molecule has 0 aromatic carbocycles. The Morgan fingerprint density at radius 2 is 1.00 bits per heavy atom. The number of hydrogen-bond acceptors (Lipinski definition) is 8. The molecule has 24 heavy (non-hydrogen) atoms. The van der Waals surface area contributed by atoms with E-state index in [1.165, 1.54) is 12.2 Å². The first kappa shape index (κ1) is 31.2. The monoisotopic (exact) mass is 360 g/mol. The van der Waals surface area contributed by atoms with Gasteiger partial charge >= 0.3 is 71.1 Å². The predicted octanol–water partition coefficient (Wildman–Crippen LogP) is -7.50. The molecule has 0 saturated heterocycles. The van der Waals surface area contributed by atoms with Crippen molar-refractivity contribution in [2.45, 2.75) is 25.7 Å². The van der Waals surface area contributed by atoms with Crippen LogP contribution in [0.15, 0.2) is 25.3 Å². The third kappa shape index (κ3) is 29.4. The molecule has 124 valence electrons. The molecular formula is C14H18Na2O8. The summed E-state index contributed by atoms with van der Waals surface area (Å²) in [5.41, 5.74) is 0. The van der Waals surface area contributed by atoms with E-state index < -0.39 is 23.9 Å². The summed E-state index contributed by atoms with van der Waals surface area (Å²) in [5.74, 6) is -3.59. The van der Waals surface area contributed by atoms with Gasteiger partial charge in [-0.05, 0) is 12.8 Å². The fraction of sp³-hybridized carbons (Fsp3) is 0.429. The number of carboxylic acids is 2. The van der Waals surface area contributed by atoms with Gasteiger partial charge < -0.3 is 29.3 Å². The maximum Gasteiger partial charge on any atom is 1.00 e. The molecule has 0 aromatic heterocycles. The van der Waals surface area contributed by atoms with Crippen LogP contribution in [0, 0.1) is 0 Å². The van der Waals surface area contributed by atoms with Crippen molar-refractivity contribution < 1.29 is 98.0 Å². The molecule has 0 unspecified atom stereocenters. The fourth-order valence-corrected chi connectivity index (χ4v) is 0.856. The van der Waals surface area contributed by atoms with Crippen LogP contribution >= 0.6 is 0 Å².